The van der Waals surface area contributed by atoms with Gasteiger partial charge in [-0.3, -0.25) is 14.4 Å². The Bertz CT molecular complexity index is 2090. The summed E-state index contributed by atoms with van der Waals surface area (Å²) in [5.74, 6) is -3.84. The molecule has 0 spiro atoms. The van der Waals surface area contributed by atoms with Crippen LogP contribution in [0.2, 0.25) is 0 Å². The third-order valence-electron chi connectivity index (χ3n) is 9.44. The highest BCUT2D eigenvalue weighted by Gasteiger charge is 2.63. The second-order valence-electron chi connectivity index (χ2n) is 14.7. The number of allylic oxidation sites excluding steroid dienone is 1. The van der Waals surface area contributed by atoms with E-state index in [1.165, 1.54) is 16.2 Å². The number of thiophene rings is 1. The molecule has 0 radical (unpaired) electrons. The number of nitrogens with one attached hydrogen (secondary N) is 3. The van der Waals surface area contributed by atoms with Gasteiger partial charge in [-0.15, -0.1) is 11.3 Å². The van der Waals surface area contributed by atoms with Crippen molar-refractivity contribution in [3.8, 4) is 16.5 Å². The fraction of sp³-hybridized carbons (Fsp3) is 0.500. The molecule has 14 nitrogen and oxygen atoms in total. The van der Waals surface area contributed by atoms with E-state index in [4.69, 9.17) is 19.4 Å². The SMILES string of the molecule is CC(C)(C)OC(=O)N[C@H]1CCCCC/C=C\[C@@H]2C[C@@]2(C(=O)NS(=O)(=O)C(F)(F)F)NC(=O)[C@@H]2C[C@@H](Oc3nc4ccccc4nc3-c3cccs3)CN2C1=O. The van der Waals surface area contributed by atoms with Gasteiger partial charge in [-0.2, -0.15) is 21.6 Å². The summed E-state index contributed by atoms with van der Waals surface area (Å²) < 4.78 is 76.8. The van der Waals surface area contributed by atoms with Gasteiger partial charge in [0.25, 0.3) is 5.91 Å². The molecular formula is C36H41F3N6O8S2. The second-order valence-corrected chi connectivity index (χ2v) is 17.4. The highest BCUT2D eigenvalue weighted by molar-refractivity contribution is 7.90. The number of sulfonamides is 1. The smallest absolute Gasteiger partial charge is 0.471 e. The van der Waals surface area contributed by atoms with Crippen molar-refractivity contribution in [3.63, 3.8) is 0 Å². The lowest BCUT2D eigenvalue weighted by molar-refractivity contribution is -0.141. The zero-order valence-electron chi connectivity index (χ0n) is 30.2. The number of para-hydroxylation sites is 2. The molecular weight excluding hydrogens is 766 g/mol. The third-order valence-corrected chi connectivity index (χ3v) is 11.4. The Morgan fingerprint density at radius 2 is 1.76 bits per heavy atom. The van der Waals surface area contributed by atoms with Crippen LogP contribution in [0.1, 0.15) is 65.7 Å². The number of hydrogen-bond donors (Lipinski definition) is 3. The van der Waals surface area contributed by atoms with E-state index in [2.05, 4.69) is 10.6 Å². The van der Waals surface area contributed by atoms with Crippen LogP contribution in [0.25, 0.3) is 21.6 Å². The van der Waals surface area contributed by atoms with E-state index in [0.717, 1.165) is 9.60 Å². The largest absolute Gasteiger partial charge is 0.516 e. The van der Waals surface area contributed by atoms with Gasteiger partial charge in [-0.25, -0.2) is 19.5 Å². The van der Waals surface area contributed by atoms with E-state index in [-0.39, 0.29) is 31.7 Å². The summed E-state index contributed by atoms with van der Waals surface area (Å²) in [5.41, 5.74) is -7.17. The van der Waals surface area contributed by atoms with Crippen LogP contribution in [0, 0.1) is 5.92 Å². The van der Waals surface area contributed by atoms with E-state index in [9.17, 15) is 40.8 Å². The Morgan fingerprint density at radius 3 is 2.44 bits per heavy atom. The van der Waals surface area contributed by atoms with E-state index in [0.29, 0.717) is 42.4 Å². The lowest BCUT2D eigenvalue weighted by atomic mass is 10.0. The number of carbonyl (C=O) groups excluding carboxylic acids is 4. The average molecular weight is 807 g/mol. The molecule has 0 unspecified atom stereocenters. The number of halogens is 3. The fourth-order valence-electron chi connectivity index (χ4n) is 6.68. The number of hydrogen-bond acceptors (Lipinski definition) is 11. The Labute approximate surface area is 319 Å². The minimum Gasteiger partial charge on any atom is -0.471 e. The van der Waals surface area contributed by atoms with E-state index < -0.39 is 74.6 Å². The van der Waals surface area contributed by atoms with Gasteiger partial charge in [0.05, 0.1) is 22.5 Å². The number of benzene rings is 1. The molecule has 2 fully saturated rings. The van der Waals surface area contributed by atoms with Crippen LogP contribution < -0.4 is 20.1 Å². The number of nitrogens with zero attached hydrogens (tertiary/aromatic N) is 3. The molecule has 1 saturated heterocycles. The normalized spacial score (nSPS) is 25.7. The number of alkyl halides is 3. The van der Waals surface area contributed by atoms with Crippen LogP contribution in [0.5, 0.6) is 5.88 Å². The molecule has 5 atom stereocenters. The van der Waals surface area contributed by atoms with Crippen LogP contribution in [0.4, 0.5) is 18.0 Å². The Kier molecular flexibility index (Phi) is 11.2. The molecule has 2 aromatic heterocycles. The van der Waals surface area contributed by atoms with Crippen molar-refractivity contribution >= 4 is 56.2 Å². The molecule has 1 aromatic carbocycles. The van der Waals surface area contributed by atoms with Crippen molar-refractivity contribution in [2.75, 3.05) is 6.54 Å². The summed E-state index contributed by atoms with van der Waals surface area (Å²) in [7, 11) is -6.10. The van der Waals surface area contributed by atoms with E-state index in [1.54, 1.807) is 51.1 Å². The van der Waals surface area contributed by atoms with Gasteiger partial charge in [0.2, 0.25) is 17.7 Å². The van der Waals surface area contributed by atoms with Crippen molar-refractivity contribution in [2.45, 2.75) is 101 Å². The maximum atomic E-state index is 14.4. The zero-order chi connectivity index (χ0) is 39.8. The van der Waals surface area contributed by atoms with E-state index in [1.807, 2.05) is 23.6 Å². The van der Waals surface area contributed by atoms with Gasteiger partial charge in [0.1, 0.15) is 35.0 Å². The average Bonchev–Trinajstić information content (AvgIpc) is 3.39. The van der Waals surface area contributed by atoms with Gasteiger partial charge in [0.15, 0.2) is 0 Å². The van der Waals surface area contributed by atoms with Crippen molar-refractivity contribution < 1.29 is 50.2 Å². The van der Waals surface area contributed by atoms with Crippen LogP contribution in [-0.2, 0) is 29.1 Å². The molecule has 3 aromatic rings. The number of alkyl carbamates (subject to hydrolysis) is 1. The Balaban J connectivity index is 1.35. The van der Waals surface area contributed by atoms with Gasteiger partial charge in [-0.05, 0) is 70.0 Å². The molecule has 0 bridgehead atoms. The summed E-state index contributed by atoms with van der Waals surface area (Å²) in [6.45, 7) is 4.81. The van der Waals surface area contributed by atoms with Crippen molar-refractivity contribution in [3.05, 3.63) is 53.9 Å². The molecule has 1 saturated carbocycles. The predicted octanol–water partition coefficient (Wildman–Crippen LogP) is 4.96. The first-order valence-electron chi connectivity index (χ1n) is 17.8. The van der Waals surface area contributed by atoms with Crippen molar-refractivity contribution in [1.29, 1.82) is 0 Å². The zero-order valence-corrected chi connectivity index (χ0v) is 31.9. The quantitative estimate of drug-likeness (QED) is 0.288. The molecule has 6 rings (SSSR count). The van der Waals surface area contributed by atoms with Crippen LogP contribution in [0.3, 0.4) is 0 Å². The molecule has 2 aliphatic heterocycles. The molecule has 19 heteroatoms. The molecule has 4 amide bonds. The topological polar surface area (TPSA) is 186 Å². The first kappa shape index (κ1) is 39.9. The molecule has 3 N–H and O–H groups in total. The highest BCUT2D eigenvalue weighted by atomic mass is 32.2. The molecule has 296 valence electrons. The highest BCUT2D eigenvalue weighted by Crippen LogP contribution is 2.46. The first-order chi connectivity index (χ1) is 25.9. The first-order valence-corrected chi connectivity index (χ1v) is 20.1. The van der Waals surface area contributed by atoms with Gasteiger partial charge >= 0.3 is 21.6 Å². The summed E-state index contributed by atoms with van der Waals surface area (Å²) >= 11 is 1.40. The number of fused-ring (bicyclic) bond motifs is 3. The molecule has 55 heavy (non-hydrogen) atoms. The van der Waals surface area contributed by atoms with E-state index >= 15 is 0 Å². The van der Waals surface area contributed by atoms with Crippen LogP contribution in [0.15, 0.2) is 53.9 Å². The van der Waals surface area contributed by atoms with Crippen molar-refractivity contribution in [2.24, 2.45) is 5.92 Å². The number of ether oxygens (including phenoxy) is 2. The van der Waals surface area contributed by atoms with Gasteiger partial charge < -0.3 is 25.0 Å². The second kappa shape index (κ2) is 15.4. The predicted molar refractivity (Wildman–Crippen MR) is 195 cm³/mol. The molecule has 3 aliphatic rings. The number of rotatable bonds is 6. The lowest BCUT2D eigenvalue weighted by Gasteiger charge is -2.30. The number of aromatic nitrogens is 2. The molecule has 1 aliphatic carbocycles. The maximum Gasteiger partial charge on any atom is 0.516 e. The standard InChI is InChI=1S/C36H41F3N6O8S2/c1-34(2,3)53-33(49)42-25-15-8-6-4-5-7-12-21-19-35(21,32(48)44-55(50,51)36(37,38)39)43-29(46)26-18-22(20-45(26)31(25)47)52-30-28(27-16-11-17-54-27)40-23-13-9-10-14-24(23)41-30/h7,9-14,16-17,21-22,25-26H,4-6,8,15,18-20H2,1-3H3,(H,42,49)(H,43,46)(H,44,48)/b12-7-/t21-,22-,25+,26+,35-/m1/s1. The summed E-state index contributed by atoms with van der Waals surface area (Å²) in [5, 5.41) is 7.01. The summed E-state index contributed by atoms with van der Waals surface area (Å²) in [4.78, 5) is 66.4. The van der Waals surface area contributed by atoms with Crippen LogP contribution >= 0.6 is 11.3 Å². The third kappa shape index (κ3) is 9.03. The number of carbonyl (C=O) groups is 4. The fourth-order valence-corrected chi connectivity index (χ4v) is 7.93. The van der Waals surface area contributed by atoms with Crippen LogP contribution in [-0.4, -0.2) is 88.5 Å². The monoisotopic (exact) mass is 806 g/mol. The number of amides is 4. The lowest BCUT2D eigenvalue weighted by Crippen LogP contribution is -2.59. The Hall–Kier alpha value is -4.78. The van der Waals surface area contributed by atoms with Gasteiger partial charge in [0, 0.05) is 12.3 Å². The minimum absolute atomic E-state index is 0.130. The van der Waals surface area contributed by atoms with Crippen molar-refractivity contribution in [1.82, 2.24) is 30.2 Å². The summed E-state index contributed by atoms with van der Waals surface area (Å²) in [6, 6.07) is 8.31. The Morgan fingerprint density at radius 1 is 1.04 bits per heavy atom. The maximum absolute atomic E-state index is 14.4. The minimum atomic E-state index is -6.10. The summed E-state index contributed by atoms with van der Waals surface area (Å²) in [6.07, 6.45) is 3.66. The van der Waals surface area contributed by atoms with Gasteiger partial charge in [-0.1, -0.05) is 43.2 Å². The molecule has 4 heterocycles.